The summed E-state index contributed by atoms with van der Waals surface area (Å²) in [6, 6.07) is 6.09. The van der Waals surface area contributed by atoms with Gasteiger partial charge < -0.3 is 16.0 Å². The van der Waals surface area contributed by atoms with Crippen molar-refractivity contribution in [2.24, 2.45) is 5.92 Å². The van der Waals surface area contributed by atoms with E-state index in [0.717, 1.165) is 19.4 Å². The molecule has 0 aliphatic carbocycles. The summed E-state index contributed by atoms with van der Waals surface area (Å²) in [5.74, 6) is 0.913. The molecule has 0 spiro atoms. The third-order valence-electron chi connectivity index (χ3n) is 4.79. The molecule has 1 aromatic carbocycles. The molecule has 2 rings (SSSR count). The van der Waals surface area contributed by atoms with E-state index in [4.69, 9.17) is 0 Å². The lowest BCUT2D eigenvalue weighted by Gasteiger charge is -2.16. The normalized spacial score (nSPS) is 11.6. The van der Waals surface area contributed by atoms with E-state index >= 15 is 0 Å². The summed E-state index contributed by atoms with van der Waals surface area (Å²) in [7, 11) is -2.01. The number of carbonyl (C=O) groups is 1. The fraction of sp³-hybridized carbons (Fsp3) is 0.500. The van der Waals surface area contributed by atoms with Crippen LogP contribution in [0.15, 0.2) is 35.4 Å². The zero-order chi connectivity index (χ0) is 23.7. The number of anilines is 3. The average Bonchev–Trinajstić information content (AvgIpc) is 2.77. The Bertz CT molecular complexity index is 993. The van der Waals surface area contributed by atoms with E-state index in [-0.39, 0.29) is 10.8 Å². The molecule has 9 nitrogen and oxygen atoms in total. The maximum absolute atomic E-state index is 12.9. The zero-order valence-corrected chi connectivity index (χ0v) is 20.3. The Hall–Kier alpha value is -2.72. The number of sulfonamides is 1. The van der Waals surface area contributed by atoms with Crippen molar-refractivity contribution < 1.29 is 13.2 Å². The van der Waals surface area contributed by atoms with Gasteiger partial charge in [0.2, 0.25) is 16.0 Å². The molecule has 10 heteroatoms. The van der Waals surface area contributed by atoms with Gasteiger partial charge in [0.1, 0.15) is 11.4 Å². The molecule has 1 aromatic heterocycles. The van der Waals surface area contributed by atoms with E-state index in [9.17, 15) is 13.2 Å². The van der Waals surface area contributed by atoms with E-state index in [1.165, 1.54) is 29.7 Å². The summed E-state index contributed by atoms with van der Waals surface area (Å²) in [4.78, 5) is 21.8. The maximum Gasteiger partial charge on any atom is 0.260 e. The summed E-state index contributed by atoms with van der Waals surface area (Å²) in [5.41, 5.74) is 0.794. The third-order valence-corrected chi connectivity index (χ3v) is 6.74. The van der Waals surface area contributed by atoms with Crippen LogP contribution < -0.4 is 16.0 Å². The van der Waals surface area contributed by atoms with Crippen molar-refractivity contribution in [3.05, 3.63) is 36.0 Å². The summed E-state index contributed by atoms with van der Waals surface area (Å²) >= 11 is 0. The molecule has 0 aliphatic rings. The van der Waals surface area contributed by atoms with Crippen LogP contribution in [0, 0.1) is 5.92 Å². The molecule has 0 bridgehead atoms. The Labute approximate surface area is 191 Å². The highest BCUT2D eigenvalue weighted by molar-refractivity contribution is 7.89. The SMILES string of the molecule is CCCCNc1ncc(C(=O)Nc2ccc(S(=O)(=O)N(C)CC)cc2)c(NCC(C)C)n1. The van der Waals surface area contributed by atoms with Crippen molar-refractivity contribution >= 4 is 33.4 Å². The number of amides is 1. The van der Waals surface area contributed by atoms with Crippen molar-refractivity contribution in [1.82, 2.24) is 14.3 Å². The van der Waals surface area contributed by atoms with Crippen LogP contribution in [-0.4, -0.2) is 55.3 Å². The minimum Gasteiger partial charge on any atom is -0.369 e. The van der Waals surface area contributed by atoms with Crippen LogP contribution in [0.2, 0.25) is 0 Å². The van der Waals surface area contributed by atoms with E-state index in [2.05, 4.69) is 46.7 Å². The molecule has 0 aliphatic heterocycles. The second-order valence-corrected chi connectivity index (χ2v) is 9.95. The van der Waals surface area contributed by atoms with Gasteiger partial charge in [-0.25, -0.2) is 17.7 Å². The van der Waals surface area contributed by atoms with Gasteiger partial charge in [0.15, 0.2) is 0 Å². The Morgan fingerprint density at radius 3 is 2.41 bits per heavy atom. The molecule has 32 heavy (non-hydrogen) atoms. The summed E-state index contributed by atoms with van der Waals surface area (Å²) < 4.78 is 26.1. The first kappa shape index (κ1) is 25.5. The van der Waals surface area contributed by atoms with Crippen LogP contribution in [-0.2, 0) is 10.0 Å². The number of nitrogens with one attached hydrogen (secondary N) is 3. The molecule has 0 unspecified atom stereocenters. The van der Waals surface area contributed by atoms with Gasteiger partial charge in [-0.3, -0.25) is 4.79 Å². The molecule has 2 aromatic rings. The fourth-order valence-corrected chi connectivity index (χ4v) is 3.88. The van der Waals surface area contributed by atoms with Crippen LogP contribution in [0.3, 0.4) is 0 Å². The van der Waals surface area contributed by atoms with Gasteiger partial charge >= 0.3 is 0 Å². The van der Waals surface area contributed by atoms with Crippen LogP contribution in [0.1, 0.15) is 50.9 Å². The first-order chi connectivity index (χ1) is 15.2. The number of hydrogen-bond acceptors (Lipinski definition) is 7. The van der Waals surface area contributed by atoms with Crippen molar-refractivity contribution in [2.45, 2.75) is 45.4 Å². The topological polar surface area (TPSA) is 116 Å². The zero-order valence-electron chi connectivity index (χ0n) is 19.5. The Balaban J connectivity index is 2.20. The van der Waals surface area contributed by atoms with Gasteiger partial charge in [0.25, 0.3) is 5.91 Å². The minimum atomic E-state index is -3.54. The van der Waals surface area contributed by atoms with Gasteiger partial charge in [-0.2, -0.15) is 4.98 Å². The lowest BCUT2D eigenvalue weighted by Crippen LogP contribution is -2.26. The molecule has 0 fully saturated rings. The van der Waals surface area contributed by atoms with Crippen LogP contribution in [0.25, 0.3) is 0 Å². The third kappa shape index (κ3) is 6.89. The number of rotatable bonds is 12. The molecular formula is C22H34N6O3S. The predicted molar refractivity (Wildman–Crippen MR) is 129 cm³/mol. The molecule has 0 atom stereocenters. The number of benzene rings is 1. The largest absolute Gasteiger partial charge is 0.369 e. The fourth-order valence-electron chi connectivity index (χ4n) is 2.70. The van der Waals surface area contributed by atoms with Crippen molar-refractivity contribution in [3.63, 3.8) is 0 Å². The number of aromatic nitrogens is 2. The van der Waals surface area contributed by atoms with E-state index in [0.29, 0.717) is 42.0 Å². The predicted octanol–water partition coefficient (Wildman–Crippen LogP) is 3.65. The quantitative estimate of drug-likeness (QED) is 0.412. The number of nitrogens with zero attached hydrogens (tertiary/aromatic N) is 3. The molecule has 0 saturated carbocycles. The van der Waals surface area contributed by atoms with Gasteiger partial charge in [-0.15, -0.1) is 0 Å². The first-order valence-corrected chi connectivity index (χ1v) is 12.4. The second-order valence-electron chi connectivity index (χ2n) is 7.91. The minimum absolute atomic E-state index is 0.171. The Morgan fingerprint density at radius 2 is 1.81 bits per heavy atom. The van der Waals surface area contributed by atoms with E-state index in [1.807, 2.05) is 0 Å². The highest BCUT2D eigenvalue weighted by atomic mass is 32.2. The van der Waals surface area contributed by atoms with Crippen molar-refractivity contribution in [1.29, 1.82) is 0 Å². The lowest BCUT2D eigenvalue weighted by molar-refractivity contribution is 0.102. The van der Waals surface area contributed by atoms with Gasteiger partial charge in [-0.1, -0.05) is 34.1 Å². The molecule has 176 valence electrons. The Morgan fingerprint density at radius 1 is 1.12 bits per heavy atom. The molecule has 1 heterocycles. The average molecular weight is 463 g/mol. The molecule has 1 amide bonds. The first-order valence-electron chi connectivity index (χ1n) is 10.9. The molecule has 0 radical (unpaired) electrons. The van der Waals surface area contributed by atoms with Crippen LogP contribution in [0.4, 0.5) is 17.5 Å². The van der Waals surface area contributed by atoms with Gasteiger partial charge in [0.05, 0.1) is 4.90 Å². The smallest absolute Gasteiger partial charge is 0.260 e. The number of unbranched alkanes of at least 4 members (excludes halogenated alkanes) is 1. The molecule has 0 saturated heterocycles. The van der Waals surface area contributed by atoms with Gasteiger partial charge in [-0.05, 0) is 36.6 Å². The molecular weight excluding hydrogens is 428 g/mol. The maximum atomic E-state index is 12.9. The van der Waals surface area contributed by atoms with E-state index < -0.39 is 10.0 Å². The molecule has 3 N–H and O–H groups in total. The van der Waals surface area contributed by atoms with Gasteiger partial charge in [0, 0.05) is 38.6 Å². The standard InChI is InChI=1S/C22H34N6O3S/c1-6-8-13-23-22-25-15-19(20(27-22)24-14-16(3)4)21(29)26-17-9-11-18(12-10-17)32(30,31)28(5)7-2/h9-12,15-16H,6-8,13-14H2,1-5H3,(H,26,29)(H2,23,24,25,27). The summed E-state index contributed by atoms with van der Waals surface area (Å²) in [5, 5.41) is 9.18. The summed E-state index contributed by atoms with van der Waals surface area (Å²) in [6.07, 6.45) is 3.55. The second kappa shape index (κ2) is 11.8. The van der Waals surface area contributed by atoms with Crippen LogP contribution >= 0.6 is 0 Å². The Kier molecular flexibility index (Phi) is 9.40. The lowest BCUT2D eigenvalue weighted by atomic mass is 10.2. The monoisotopic (exact) mass is 462 g/mol. The highest BCUT2D eigenvalue weighted by Crippen LogP contribution is 2.20. The van der Waals surface area contributed by atoms with E-state index in [1.54, 1.807) is 19.1 Å². The van der Waals surface area contributed by atoms with Crippen molar-refractivity contribution in [3.8, 4) is 0 Å². The van der Waals surface area contributed by atoms with Crippen LogP contribution in [0.5, 0.6) is 0 Å². The number of carbonyl (C=O) groups excluding carboxylic acids is 1. The summed E-state index contributed by atoms with van der Waals surface area (Å²) in [6.45, 7) is 9.80. The highest BCUT2D eigenvalue weighted by Gasteiger charge is 2.20. The van der Waals surface area contributed by atoms with Crippen molar-refractivity contribution in [2.75, 3.05) is 42.6 Å². The number of hydrogen-bond donors (Lipinski definition) is 3.